The lowest BCUT2D eigenvalue weighted by molar-refractivity contribution is 0.110. The molecule has 0 aliphatic rings. The first-order valence-electron chi connectivity index (χ1n) is 8.83. The van der Waals surface area contributed by atoms with Crippen LogP contribution in [-0.2, 0) is 0 Å². The second-order valence-electron chi connectivity index (χ2n) is 6.41. The molecule has 0 N–H and O–H groups in total. The Bertz CT molecular complexity index is 1400. The zero-order chi connectivity index (χ0) is 19.8. The molecule has 0 atom stereocenters. The number of benzene rings is 2. The number of hydrogen-bond acceptors (Lipinski definition) is 6. The monoisotopic (exact) mass is 383 g/mol. The average molecular weight is 383 g/mol. The fourth-order valence-electron chi connectivity index (χ4n) is 3.11. The second-order valence-corrected chi connectivity index (χ2v) is 6.41. The van der Waals surface area contributed by atoms with Gasteiger partial charge < -0.3 is 8.83 Å². The summed E-state index contributed by atoms with van der Waals surface area (Å²) in [4.78, 5) is 23.4. The van der Waals surface area contributed by atoms with Gasteiger partial charge in [-0.2, -0.15) is 0 Å². The average Bonchev–Trinajstić information content (AvgIpc) is 3.43. The lowest BCUT2D eigenvalue weighted by atomic mass is 10.1. The summed E-state index contributed by atoms with van der Waals surface area (Å²) in [7, 11) is 0. The summed E-state index contributed by atoms with van der Waals surface area (Å²) in [6.45, 7) is 0. The highest BCUT2D eigenvalue weighted by molar-refractivity contribution is 5.83. The molecule has 0 spiro atoms. The molecule has 0 amide bonds. The van der Waals surface area contributed by atoms with Crippen molar-refractivity contribution in [3.63, 3.8) is 0 Å². The van der Waals surface area contributed by atoms with Crippen LogP contribution < -0.4 is 5.63 Å². The van der Waals surface area contributed by atoms with Gasteiger partial charge in [0, 0.05) is 16.5 Å². The number of rotatable bonds is 4. The van der Waals surface area contributed by atoms with E-state index in [9.17, 15) is 9.59 Å². The van der Waals surface area contributed by atoms with Gasteiger partial charge >= 0.3 is 5.63 Å². The lowest BCUT2D eigenvalue weighted by Crippen LogP contribution is -2.10. The highest BCUT2D eigenvalue weighted by Gasteiger charge is 2.13. The Labute approximate surface area is 163 Å². The summed E-state index contributed by atoms with van der Waals surface area (Å²) in [6, 6.07) is 19.9. The summed E-state index contributed by atoms with van der Waals surface area (Å²) in [5.41, 5.74) is 2.40. The molecule has 0 radical (unpaired) electrons. The maximum atomic E-state index is 12.6. The van der Waals surface area contributed by atoms with Crippen LogP contribution in [-0.4, -0.2) is 21.3 Å². The van der Waals surface area contributed by atoms with E-state index in [-0.39, 0.29) is 11.4 Å². The van der Waals surface area contributed by atoms with E-state index in [2.05, 4.69) is 10.3 Å². The van der Waals surface area contributed by atoms with Crippen LogP contribution in [0, 0.1) is 0 Å². The van der Waals surface area contributed by atoms with Crippen molar-refractivity contribution in [2.45, 2.75) is 0 Å². The number of aromatic nitrogens is 3. The molecule has 0 aliphatic heterocycles. The molecule has 0 bridgehead atoms. The Kier molecular flexibility index (Phi) is 3.91. The summed E-state index contributed by atoms with van der Waals surface area (Å²) in [5.74, 6) is 0.752. The van der Waals surface area contributed by atoms with Gasteiger partial charge in [0.2, 0.25) is 0 Å². The standard InChI is InChI=1S/C22H13N3O4/c26-13-17-8-9-20(28-17)16-7-6-15-10-19(22(27)29-21(15)11-16)25-12-18(23-24-25)14-4-2-1-3-5-14/h1-13H. The Balaban J connectivity index is 1.55. The van der Waals surface area contributed by atoms with Gasteiger partial charge in [0.15, 0.2) is 17.7 Å². The van der Waals surface area contributed by atoms with Gasteiger partial charge in [-0.05, 0) is 24.3 Å². The zero-order valence-corrected chi connectivity index (χ0v) is 15.0. The number of carbonyl (C=O) groups excluding carboxylic acids is 1. The molecule has 3 heterocycles. The van der Waals surface area contributed by atoms with E-state index in [1.807, 2.05) is 42.5 Å². The Morgan fingerprint density at radius 2 is 1.76 bits per heavy atom. The van der Waals surface area contributed by atoms with Gasteiger partial charge in [-0.25, -0.2) is 9.48 Å². The molecule has 7 nitrogen and oxygen atoms in total. The van der Waals surface area contributed by atoms with Gasteiger partial charge in [0.25, 0.3) is 0 Å². The minimum absolute atomic E-state index is 0.234. The van der Waals surface area contributed by atoms with Crippen molar-refractivity contribution < 1.29 is 13.6 Å². The molecule has 29 heavy (non-hydrogen) atoms. The molecule has 5 aromatic rings. The largest absolute Gasteiger partial charge is 0.453 e. The Hall–Kier alpha value is -4.26. The molecule has 0 saturated carbocycles. The maximum absolute atomic E-state index is 12.6. The molecule has 2 aromatic carbocycles. The fourth-order valence-corrected chi connectivity index (χ4v) is 3.11. The van der Waals surface area contributed by atoms with E-state index in [1.165, 1.54) is 4.68 Å². The third-order valence-electron chi connectivity index (χ3n) is 4.55. The summed E-state index contributed by atoms with van der Waals surface area (Å²) >= 11 is 0. The van der Waals surface area contributed by atoms with Crippen molar-refractivity contribution in [3.05, 3.63) is 89.1 Å². The fraction of sp³-hybridized carbons (Fsp3) is 0. The van der Waals surface area contributed by atoms with E-state index in [1.54, 1.807) is 30.5 Å². The summed E-state index contributed by atoms with van der Waals surface area (Å²) in [6.07, 6.45) is 2.32. The first-order chi connectivity index (χ1) is 14.2. The molecule has 0 saturated heterocycles. The van der Waals surface area contributed by atoms with E-state index in [4.69, 9.17) is 8.83 Å². The summed E-state index contributed by atoms with van der Waals surface area (Å²) in [5, 5.41) is 8.93. The number of nitrogens with zero attached hydrogens (tertiary/aromatic N) is 3. The molecule has 5 rings (SSSR count). The van der Waals surface area contributed by atoms with Crippen LogP contribution in [0.15, 0.2) is 86.6 Å². The molecular weight excluding hydrogens is 370 g/mol. The van der Waals surface area contributed by atoms with Crippen LogP contribution in [0.4, 0.5) is 0 Å². The normalized spacial score (nSPS) is 11.0. The number of carbonyl (C=O) groups is 1. The van der Waals surface area contributed by atoms with E-state index >= 15 is 0 Å². The van der Waals surface area contributed by atoms with Gasteiger partial charge in [-0.1, -0.05) is 47.7 Å². The van der Waals surface area contributed by atoms with Crippen molar-refractivity contribution in [2.24, 2.45) is 0 Å². The van der Waals surface area contributed by atoms with Crippen LogP contribution in [0.2, 0.25) is 0 Å². The second kappa shape index (κ2) is 6.72. The number of fused-ring (bicyclic) bond motifs is 1. The van der Waals surface area contributed by atoms with Crippen molar-refractivity contribution in [2.75, 3.05) is 0 Å². The van der Waals surface area contributed by atoms with Crippen LogP contribution in [0.1, 0.15) is 10.6 Å². The minimum atomic E-state index is -0.535. The van der Waals surface area contributed by atoms with Crippen LogP contribution >= 0.6 is 0 Å². The maximum Gasteiger partial charge on any atom is 0.362 e. The predicted octanol–water partition coefficient (Wildman–Crippen LogP) is 4.11. The van der Waals surface area contributed by atoms with Gasteiger partial charge in [-0.3, -0.25) is 4.79 Å². The smallest absolute Gasteiger partial charge is 0.362 e. The third-order valence-corrected chi connectivity index (χ3v) is 4.55. The lowest BCUT2D eigenvalue weighted by Gasteiger charge is -2.03. The van der Waals surface area contributed by atoms with E-state index in [0.29, 0.717) is 28.9 Å². The molecule has 7 heteroatoms. The SMILES string of the molecule is O=Cc1ccc(-c2ccc3cc(-n4cc(-c5ccccc5)nn4)c(=O)oc3c2)o1. The van der Waals surface area contributed by atoms with Crippen molar-refractivity contribution >= 4 is 17.3 Å². The van der Waals surface area contributed by atoms with Crippen LogP contribution in [0.25, 0.3) is 39.2 Å². The van der Waals surface area contributed by atoms with Crippen molar-refractivity contribution in [1.29, 1.82) is 0 Å². The van der Waals surface area contributed by atoms with E-state index < -0.39 is 5.63 Å². The number of furan rings is 1. The van der Waals surface area contributed by atoms with Crippen molar-refractivity contribution in [1.82, 2.24) is 15.0 Å². The highest BCUT2D eigenvalue weighted by Crippen LogP contribution is 2.26. The van der Waals surface area contributed by atoms with E-state index in [0.717, 1.165) is 10.9 Å². The topological polar surface area (TPSA) is 91.1 Å². The molecule has 0 unspecified atom stereocenters. The molecule has 0 fully saturated rings. The quantitative estimate of drug-likeness (QED) is 0.343. The molecule has 140 valence electrons. The number of hydrogen-bond donors (Lipinski definition) is 0. The highest BCUT2D eigenvalue weighted by atomic mass is 16.4. The van der Waals surface area contributed by atoms with Crippen molar-refractivity contribution in [3.8, 4) is 28.3 Å². The molecule has 3 aromatic heterocycles. The predicted molar refractivity (Wildman–Crippen MR) is 106 cm³/mol. The van der Waals surface area contributed by atoms with Crippen LogP contribution in [0.3, 0.4) is 0 Å². The first-order valence-corrected chi connectivity index (χ1v) is 8.83. The van der Waals surface area contributed by atoms with Gasteiger partial charge in [0.05, 0.1) is 6.20 Å². The molecule has 0 aliphatic carbocycles. The van der Waals surface area contributed by atoms with Crippen LogP contribution in [0.5, 0.6) is 0 Å². The third kappa shape index (κ3) is 3.04. The van der Waals surface area contributed by atoms with Gasteiger partial charge in [-0.15, -0.1) is 5.10 Å². The Morgan fingerprint density at radius 3 is 2.55 bits per heavy atom. The zero-order valence-electron chi connectivity index (χ0n) is 15.0. The van der Waals surface area contributed by atoms with Gasteiger partial charge in [0.1, 0.15) is 17.0 Å². The minimum Gasteiger partial charge on any atom is -0.453 e. The number of aldehydes is 1. The summed E-state index contributed by atoms with van der Waals surface area (Å²) < 4.78 is 12.3. The molecular formula is C22H13N3O4. The Morgan fingerprint density at radius 1 is 0.897 bits per heavy atom. The first kappa shape index (κ1) is 16.9.